The van der Waals surface area contributed by atoms with E-state index < -0.39 is 11.7 Å². The topological polar surface area (TPSA) is 97.4 Å². The van der Waals surface area contributed by atoms with Crippen molar-refractivity contribution < 1.29 is 17.9 Å². The Balaban J connectivity index is 1.21. The molecule has 0 radical (unpaired) electrons. The molecular formula is C31H37F3N8O. The molecular weight excluding hydrogens is 557 g/mol. The maximum atomic E-state index is 12.9. The van der Waals surface area contributed by atoms with E-state index in [0.29, 0.717) is 35.5 Å². The Hall–Kier alpha value is -3.90. The Morgan fingerprint density at radius 2 is 1.65 bits per heavy atom. The average Bonchev–Trinajstić information content (AvgIpc) is 3.41. The molecule has 1 aliphatic heterocycles. The fourth-order valence-corrected chi connectivity index (χ4v) is 6.30. The molecule has 4 aromatic rings. The Labute approximate surface area is 248 Å². The SMILES string of the molecule is COc1cc(-c2nn([C@H]3CC[C@@H](N4CCN(C)CC4)CC3)c3ncnc(N)c23)ccc1NCc1ccc(C(F)(F)F)cc1. The molecule has 228 valence electrons. The second-order valence-corrected chi connectivity index (χ2v) is 11.5. The van der Waals surface area contributed by atoms with Crippen molar-refractivity contribution in [2.75, 3.05) is 51.4 Å². The molecule has 1 aliphatic carbocycles. The predicted molar refractivity (Wildman–Crippen MR) is 161 cm³/mol. The first-order chi connectivity index (χ1) is 20.7. The number of nitrogens with one attached hydrogen (secondary N) is 1. The van der Waals surface area contributed by atoms with Crippen molar-refractivity contribution in [2.45, 2.75) is 50.5 Å². The van der Waals surface area contributed by atoms with Gasteiger partial charge in [-0.15, -0.1) is 0 Å². The largest absolute Gasteiger partial charge is 0.495 e. The van der Waals surface area contributed by atoms with E-state index in [2.05, 4.69) is 32.1 Å². The molecule has 2 aliphatic rings. The molecule has 3 N–H and O–H groups in total. The predicted octanol–water partition coefficient (Wildman–Crippen LogP) is 5.45. The van der Waals surface area contributed by atoms with Gasteiger partial charge >= 0.3 is 6.18 Å². The highest BCUT2D eigenvalue weighted by molar-refractivity contribution is 5.98. The van der Waals surface area contributed by atoms with E-state index in [1.807, 2.05) is 22.9 Å². The smallest absolute Gasteiger partial charge is 0.416 e. The van der Waals surface area contributed by atoms with Crippen LogP contribution in [-0.2, 0) is 12.7 Å². The minimum absolute atomic E-state index is 0.223. The number of nitrogens with zero attached hydrogens (tertiary/aromatic N) is 6. The second kappa shape index (κ2) is 12.0. The zero-order valence-electron chi connectivity index (χ0n) is 24.4. The van der Waals surface area contributed by atoms with E-state index in [9.17, 15) is 13.2 Å². The van der Waals surface area contributed by atoms with Crippen molar-refractivity contribution in [3.05, 3.63) is 59.9 Å². The first kappa shape index (κ1) is 29.2. The molecule has 0 bridgehead atoms. The summed E-state index contributed by atoms with van der Waals surface area (Å²) in [5.41, 5.74) is 9.39. The van der Waals surface area contributed by atoms with Gasteiger partial charge in [-0.3, -0.25) is 4.90 Å². The summed E-state index contributed by atoms with van der Waals surface area (Å²) in [6.45, 7) is 4.83. The molecule has 2 fully saturated rings. The zero-order valence-corrected chi connectivity index (χ0v) is 24.4. The van der Waals surface area contributed by atoms with Gasteiger partial charge < -0.3 is 20.7 Å². The fraction of sp³-hybridized carbons (Fsp3) is 0.452. The number of aromatic nitrogens is 4. The van der Waals surface area contributed by atoms with Gasteiger partial charge in [0.1, 0.15) is 23.6 Å². The molecule has 2 aromatic heterocycles. The van der Waals surface area contributed by atoms with E-state index in [1.165, 1.54) is 18.5 Å². The van der Waals surface area contributed by atoms with Crippen LogP contribution < -0.4 is 15.8 Å². The maximum Gasteiger partial charge on any atom is 0.416 e. The van der Waals surface area contributed by atoms with Gasteiger partial charge in [0.25, 0.3) is 0 Å². The number of alkyl halides is 3. The number of rotatable bonds is 7. The van der Waals surface area contributed by atoms with Gasteiger partial charge in [-0.2, -0.15) is 18.3 Å². The van der Waals surface area contributed by atoms with Crippen molar-refractivity contribution in [3.8, 4) is 17.0 Å². The van der Waals surface area contributed by atoms with Crippen LogP contribution in [0.2, 0.25) is 0 Å². The maximum absolute atomic E-state index is 12.9. The van der Waals surface area contributed by atoms with Crippen LogP contribution in [0.1, 0.15) is 42.9 Å². The number of benzene rings is 2. The van der Waals surface area contributed by atoms with Gasteiger partial charge in [0.2, 0.25) is 0 Å². The fourth-order valence-electron chi connectivity index (χ4n) is 6.30. The summed E-state index contributed by atoms with van der Waals surface area (Å²) in [5, 5.41) is 9.05. The van der Waals surface area contributed by atoms with E-state index in [4.69, 9.17) is 15.6 Å². The minimum Gasteiger partial charge on any atom is -0.495 e. The van der Waals surface area contributed by atoms with E-state index in [-0.39, 0.29) is 6.04 Å². The molecule has 12 heteroatoms. The average molecular weight is 595 g/mol. The van der Waals surface area contributed by atoms with E-state index in [1.54, 1.807) is 7.11 Å². The van der Waals surface area contributed by atoms with Crippen molar-refractivity contribution in [1.29, 1.82) is 0 Å². The lowest BCUT2D eigenvalue weighted by atomic mass is 9.90. The van der Waals surface area contributed by atoms with Crippen LogP contribution in [0.5, 0.6) is 5.75 Å². The summed E-state index contributed by atoms with van der Waals surface area (Å²) in [7, 11) is 3.76. The molecule has 0 atom stereocenters. The van der Waals surface area contributed by atoms with Gasteiger partial charge in [-0.1, -0.05) is 18.2 Å². The monoisotopic (exact) mass is 594 g/mol. The lowest BCUT2D eigenvalue weighted by Gasteiger charge is -2.41. The highest BCUT2D eigenvalue weighted by Crippen LogP contribution is 2.39. The molecule has 2 aromatic carbocycles. The first-order valence-electron chi connectivity index (χ1n) is 14.7. The molecule has 1 saturated heterocycles. The third kappa shape index (κ3) is 6.12. The summed E-state index contributed by atoms with van der Waals surface area (Å²) in [4.78, 5) is 13.9. The molecule has 6 rings (SSSR count). The summed E-state index contributed by atoms with van der Waals surface area (Å²) in [6, 6.07) is 11.6. The van der Waals surface area contributed by atoms with Crippen LogP contribution in [0, 0.1) is 0 Å². The van der Waals surface area contributed by atoms with Crippen LogP contribution in [0.25, 0.3) is 22.3 Å². The standard InChI is InChI=1S/C31H37F3N8O/c1-40-13-15-41(16-14-40)23-8-10-24(11-9-23)42-30-27(29(35)37-19-38-30)28(39-42)21-5-12-25(26(17-21)43-2)36-18-20-3-6-22(7-4-20)31(32,33)34/h3-7,12,17,19,23-24,36H,8-11,13-16,18H2,1-2H3,(H2,35,37,38)/t23-,24+. The van der Waals surface area contributed by atoms with Crippen molar-refractivity contribution in [1.82, 2.24) is 29.5 Å². The molecule has 1 saturated carbocycles. The Morgan fingerprint density at radius 3 is 2.33 bits per heavy atom. The number of nitrogen functional groups attached to an aromatic ring is 1. The van der Waals surface area contributed by atoms with Gasteiger partial charge in [0, 0.05) is 44.3 Å². The Kier molecular flexibility index (Phi) is 8.15. The summed E-state index contributed by atoms with van der Waals surface area (Å²) < 4.78 is 46.5. The number of ether oxygens (including phenoxy) is 1. The number of likely N-dealkylation sites (N-methyl/N-ethyl adjacent to an activating group) is 1. The molecule has 0 amide bonds. The number of piperazine rings is 1. The lowest BCUT2D eigenvalue weighted by Crippen LogP contribution is -2.49. The van der Waals surface area contributed by atoms with Gasteiger partial charge in [-0.25, -0.2) is 14.6 Å². The number of nitrogens with two attached hydrogens (primary N) is 1. The number of anilines is 2. The van der Waals surface area contributed by atoms with Crippen LogP contribution in [0.3, 0.4) is 0 Å². The van der Waals surface area contributed by atoms with Crippen LogP contribution in [0.4, 0.5) is 24.7 Å². The number of fused-ring (bicyclic) bond motifs is 1. The number of hydrogen-bond acceptors (Lipinski definition) is 8. The molecule has 9 nitrogen and oxygen atoms in total. The van der Waals surface area contributed by atoms with Crippen LogP contribution in [-0.4, -0.2) is 75.9 Å². The Bertz CT molecular complexity index is 1560. The van der Waals surface area contributed by atoms with E-state index >= 15 is 0 Å². The van der Waals surface area contributed by atoms with E-state index in [0.717, 1.165) is 86.2 Å². The normalized spacial score (nSPS) is 20.4. The summed E-state index contributed by atoms with van der Waals surface area (Å²) in [5.74, 6) is 0.955. The van der Waals surface area contributed by atoms with Crippen molar-refractivity contribution >= 4 is 22.5 Å². The van der Waals surface area contributed by atoms with Gasteiger partial charge in [0.05, 0.1) is 29.8 Å². The third-order valence-corrected chi connectivity index (χ3v) is 8.82. The molecule has 3 heterocycles. The Morgan fingerprint density at radius 1 is 0.953 bits per heavy atom. The second-order valence-electron chi connectivity index (χ2n) is 11.5. The summed E-state index contributed by atoms with van der Waals surface area (Å²) >= 11 is 0. The lowest BCUT2D eigenvalue weighted by molar-refractivity contribution is -0.137. The quantitative estimate of drug-likeness (QED) is 0.292. The number of halogens is 3. The minimum atomic E-state index is -4.36. The van der Waals surface area contributed by atoms with Crippen LogP contribution in [0.15, 0.2) is 48.8 Å². The molecule has 0 spiro atoms. The van der Waals surface area contributed by atoms with Gasteiger partial charge in [0.15, 0.2) is 5.65 Å². The molecule has 43 heavy (non-hydrogen) atoms. The van der Waals surface area contributed by atoms with Gasteiger partial charge in [-0.05, 0) is 62.6 Å². The summed E-state index contributed by atoms with van der Waals surface area (Å²) in [6.07, 6.45) is 1.42. The zero-order chi connectivity index (χ0) is 30.1. The number of methoxy groups -OCH3 is 1. The van der Waals surface area contributed by atoms with Crippen LogP contribution >= 0.6 is 0 Å². The molecule has 0 unspecified atom stereocenters. The highest BCUT2D eigenvalue weighted by Gasteiger charge is 2.31. The first-order valence-corrected chi connectivity index (χ1v) is 14.7. The third-order valence-electron chi connectivity index (χ3n) is 8.82. The van der Waals surface area contributed by atoms with Crippen molar-refractivity contribution in [3.63, 3.8) is 0 Å². The highest BCUT2D eigenvalue weighted by atomic mass is 19.4. The van der Waals surface area contributed by atoms with Crippen molar-refractivity contribution in [2.24, 2.45) is 0 Å². The number of hydrogen-bond donors (Lipinski definition) is 2.